The van der Waals surface area contributed by atoms with E-state index in [-0.39, 0.29) is 5.69 Å². The van der Waals surface area contributed by atoms with Crippen LogP contribution in [0.2, 0.25) is 0 Å². The Bertz CT molecular complexity index is 745. The molecule has 0 saturated heterocycles. The molecule has 0 radical (unpaired) electrons. The number of fused-ring (bicyclic) bond motifs is 1. The van der Waals surface area contributed by atoms with Crippen LogP contribution in [0, 0.1) is 6.92 Å². The molecule has 1 aromatic carbocycles. The van der Waals surface area contributed by atoms with Gasteiger partial charge < -0.3 is 9.63 Å². The SMILES string of the molecule is Cc1nc2cc(-c3cc(C(=O)O)no3)ccc2s1. The Morgan fingerprint density at radius 2 is 2.22 bits per heavy atom. The van der Waals surface area contributed by atoms with Gasteiger partial charge in [-0.15, -0.1) is 11.3 Å². The number of aromatic carboxylic acids is 1. The molecule has 5 nitrogen and oxygen atoms in total. The highest BCUT2D eigenvalue weighted by Gasteiger charge is 2.13. The second kappa shape index (κ2) is 3.92. The third-order valence-corrected chi connectivity index (χ3v) is 3.46. The molecule has 90 valence electrons. The highest BCUT2D eigenvalue weighted by atomic mass is 32.1. The lowest BCUT2D eigenvalue weighted by molar-refractivity contribution is 0.0686. The first kappa shape index (κ1) is 10.9. The van der Waals surface area contributed by atoms with Crippen molar-refractivity contribution in [1.82, 2.24) is 10.1 Å². The number of aromatic nitrogens is 2. The highest BCUT2D eigenvalue weighted by molar-refractivity contribution is 7.18. The van der Waals surface area contributed by atoms with Gasteiger partial charge in [0.2, 0.25) is 0 Å². The Balaban J connectivity index is 2.09. The molecular weight excluding hydrogens is 252 g/mol. The van der Waals surface area contributed by atoms with Gasteiger partial charge in [0.05, 0.1) is 15.2 Å². The molecule has 0 aliphatic heterocycles. The third kappa shape index (κ3) is 1.76. The molecule has 0 bridgehead atoms. The fourth-order valence-corrected chi connectivity index (χ4v) is 2.52. The summed E-state index contributed by atoms with van der Waals surface area (Å²) in [5.74, 6) is -0.671. The van der Waals surface area contributed by atoms with Crippen LogP contribution in [0.5, 0.6) is 0 Å². The van der Waals surface area contributed by atoms with Crippen LogP contribution in [0.15, 0.2) is 28.8 Å². The van der Waals surface area contributed by atoms with E-state index in [1.165, 1.54) is 6.07 Å². The number of aryl methyl sites for hydroxylation is 1. The number of carbonyl (C=O) groups is 1. The quantitative estimate of drug-likeness (QED) is 0.766. The molecule has 0 fully saturated rings. The standard InChI is InChI=1S/C12H8N2O3S/c1-6-13-8-4-7(2-3-11(8)18-6)10-5-9(12(15)16)14-17-10/h2-5H,1H3,(H,15,16). The maximum absolute atomic E-state index is 10.7. The van der Waals surface area contributed by atoms with Gasteiger partial charge in [-0.2, -0.15) is 0 Å². The highest BCUT2D eigenvalue weighted by Crippen LogP contribution is 2.27. The van der Waals surface area contributed by atoms with Crippen molar-refractivity contribution in [2.75, 3.05) is 0 Å². The summed E-state index contributed by atoms with van der Waals surface area (Å²) in [7, 11) is 0. The summed E-state index contributed by atoms with van der Waals surface area (Å²) in [5.41, 5.74) is 1.55. The van der Waals surface area contributed by atoms with Gasteiger partial charge in [0.15, 0.2) is 11.5 Å². The third-order valence-electron chi connectivity index (χ3n) is 2.51. The number of carboxylic acids is 1. The van der Waals surface area contributed by atoms with E-state index in [9.17, 15) is 4.79 Å². The van der Waals surface area contributed by atoms with E-state index < -0.39 is 5.97 Å². The normalized spacial score (nSPS) is 10.9. The summed E-state index contributed by atoms with van der Waals surface area (Å²) in [6, 6.07) is 7.08. The molecule has 2 heterocycles. The van der Waals surface area contributed by atoms with Crippen molar-refractivity contribution in [3.63, 3.8) is 0 Å². The lowest BCUT2D eigenvalue weighted by atomic mass is 10.1. The zero-order valence-electron chi connectivity index (χ0n) is 9.38. The summed E-state index contributed by atoms with van der Waals surface area (Å²) in [6.45, 7) is 1.95. The average molecular weight is 260 g/mol. The van der Waals surface area contributed by atoms with Crippen molar-refractivity contribution in [3.05, 3.63) is 35.0 Å². The molecule has 1 N–H and O–H groups in total. The van der Waals surface area contributed by atoms with E-state index >= 15 is 0 Å². The molecule has 0 spiro atoms. The van der Waals surface area contributed by atoms with Gasteiger partial charge in [-0.3, -0.25) is 0 Å². The number of nitrogens with zero attached hydrogens (tertiary/aromatic N) is 2. The second-order valence-corrected chi connectivity index (χ2v) is 5.03. The Hall–Kier alpha value is -2.21. The number of hydrogen-bond acceptors (Lipinski definition) is 5. The summed E-state index contributed by atoms with van der Waals surface area (Å²) >= 11 is 1.61. The minimum atomic E-state index is -1.10. The van der Waals surface area contributed by atoms with E-state index in [1.54, 1.807) is 11.3 Å². The van der Waals surface area contributed by atoms with E-state index in [0.717, 1.165) is 20.8 Å². The van der Waals surface area contributed by atoms with E-state index in [1.807, 2.05) is 25.1 Å². The van der Waals surface area contributed by atoms with Gasteiger partial charge in [-0.1, -0.05) is 5.16 Å². The monoisotopic (exact) mass is 260 g/mol. The Kier molecular flexibility index (Phi) is 2.38. The van der Waals surface area contributed by atoms with Crippen LogP contribution >= 0.6 is 11.3 Å². The molecule has 6 heteroatoms. The van der Waals surface area contributed by atoms with Crippen LogP contribution in [0.3, 0.4) is 0 Å². The van der Waals surface area contributed by atoms with Gasteiger partial charge >= 0.3 is 5.97 Å². The minimum Gasteiger partial charge on any atom is -0.476 e. The fourth-order valence-electron chi connectivity index (χ4n) is 1.71. The summed E-state index contributed by atoms with van der Waals surface area (Å²) < 4.78 is 6.10. The van der Waals surface area contributed by atoms with Crippen molar-refractivity contribution in [3.8, 4) is 11.3 Å². The zero-order valence-corrected chi connectivity index (χ0v) is 10.2. The first-order valence-corrected chi connectivity index (χ1v) is 6.03. The topological polar surface area (TPSA) is 76.2 Å². The van der Waals surface area contributed by atoms with Crippen molar-refractivity contribution in [2.45, 2.75) is 6.92 Å². The van der Waals surface area contributed by atoms with Crippen LogP contribution in [-0.4, -0.2) is 21.2 Å². The number of rotatable bonds is 2. The molecule has 3 aromatic rings. The van der Waals surface area contributed by atoms with Crippen molar-refractivity contribution < 1.29 is 14.4 Å². The van der Waals surface area contributed by atoms with E-state index in [2.05, 4.69) is 10.1 Å². The van der Waals surface area contributed by atoms with Gasteiger partial charge in [0, 0.05) is 11.6 Å². The van der Waals surface area contributed by atoms with Gasteiger partial charge in [0.1, 0.15) is 0 Å². The molecule has 0 unspecified atom stereocenters. The van der Waals surface area contributed by atoms with Crippen LogP contribution in [0.4, 0.5) is 0 Å². The molecule has 0 saturated carbocycles. The first-order chi connectivity index (χ1) is 8.63. The van der Waals surface area contributed by atoms with Crippen LogP contribution in [0.25, 0.3) is 21.5 Å². The zero-order chi connectivity index (χ0) is 12.7. The molecular formula is C12H8N2O3S. The van der Waals surface area contributed by atoms with Crippen LogP contribution < -0.4 is 0 Å². The van der Waals surface area contributed by atoms with Crippen molar-refractivity contribution >= 4 is 27.5 Å². The summed E-state index contributed by atoms with van der Waals surface area (Å²) in [6.07, 6.45) is 0. The van der Waals surface area contributed by atoms with Gasteiger partial charge in [0.25, 0.3) is 0 Å². The predicted octanol–water partition coefficient (Wildman–Crippen LogP) is 2.96. The molecule has 0 aliphatic carbocycles. The molecule has 0 amide bonds. The summed E-state index contributed by atoms with van der Waals surface area (Å²) in [5, 5.41) is 13.3. The van der Waals surface area contributed by atoms with Crippen LogP contribution in [0.1, 0.15) is 15.5 Å². The minimum absolute atomic E-state index is 0.0976. The lowest BCUT2D eigenvalue weighted by Gasteiger charge is -1.94. The second-order valence-electron chi connectivity index (χ2n) is 3.80. The number of carboxylic acid groups (broad SMARTS) is 1. The van der Waals surface area contributed by atoms with Crippen LogP contribution in [-0.2, 0) is 0 Å². The van der Waals surface area contributed by atoms with E-state index in [0.29, 0.717) is 5.76 Å². The molecule has 3 rings (SSSR count). The molecule has 0 aliphatic rings. The number of hydrogen-bond donors (Lipinski definition) is 1. The molecule has 0 atom stereocenters. The number of thiazole rings is 1. The average Bonchev–Trinajstić information content (AvgIpc) is 2.91. The fraction of sp³-hybridized carbons (Fsp3) is 0.0833. The Labute approximate surface area is 106 Å². The van der Waals surface area contributed by atoms with E-state index in [4.69, 9.17) is 9.63 Å². The maximum atomic E-state index is 10.7. The van der Waals surface area contributed by atoms with Crippen molar-refractivity contribution in [2.24, 2.45) is 0 Å². The summed E-state index contributed by atoms with van der Waals surface area (Å²) in [4.78, 5) is 15.1. The Morgan fingerprint density at radius 1 is 1.39 bits per heavy atom. The largest absolute Gasteiger partial charge is 0.476 e. The lowest BCUT2D eigenvalue weighted by Crippen LogP contribution is -1.94. The van der Waals surface area contributed by atoms with Gasteiger partial charge in [-0.05, 0) is 25.1 Å². The smallest absolute Gasteiger partial charge is 0.358 e. The maximum Gasteiger partial charge on any atom is 0.358 e. The first-order valence-electron chi connectivity index (χ1n) is 5.21. The number of benzene rings is 1. The molecule has 2 aromatic heterocycles. The molecule has 18 heavy (non-hydrogen) atoms. The predicted molar refractivity (Wildman–Crippen MR) is 66.8 cm³/mol. The van der Waals surface area contributed by atoms with Crippen molar-refractivity contribution in [1.29, 1.82) is 0 Å². The van der Waals surface area contributed by atoms with Gasteiger partial charge in [-0.25, -0.2) is 9.78 Å². The Morgan fingerprint density at radius 3 is 2.94 bits per heavy atom.